The Morgan fingerprint density at radius 2 is 1.68 bits per heavy atom. The summed E-state index contributed by atoms with van der Waals surface area (Å²) < 4.78 is 38.5. The minimum atomic E-state index is -3.74. The second-order valence-electron chi connectivity index (χ2n) is 6.49. The van der Waals surface area contributed by atoms with E-state index in [9.17, 15) is 13.2 Å². The van der Waals surface area contributed by atoms with Crippen LogP contribution in [0.5, 0.6) is 5.75 Å². The quantitative estimate of drug-likeness (QED) is 0.668. The fourth-order valence-electron chi connectivity index (χ4n) is 2.53. The number of ether oxygens (including phenoxy) is 2. The number of methoxy groups -OCH3 is 2. The first-order valence-electron chi connectivity index (χ1n) is 8.84. The van der Waals surface area contributed by atoms with Crippen LogP contribution in [0.15, 0.2) is 53.4 Å². The monoisotopic (exact) mass is 406 g/mol. The molecule has 28 heavy (non-hydrogen) atoms. The van der Waals surface area contributed by atoms with E-state index in [0.29, 0.717) is 11.4 Å². The van der Waals surface area contributed by atoms with Crippen LogP contribution in [0.25, 0.3) is 0 Å². The summed E-state index contributed by atoms with van der Waals surface area (Å²) >= 11 is 0. The van der Waals surface area contributed by atoms with Crippen molar-refractivity contribution in [2.75, 3.05) is 26.1 Å². The zero-order valence-electron chi connectivity index (χ0n) is 16.4. The molecular formula is C20H26N2O5S. The van der Waals surface area contributed by atoms with Crippen molar-refractivity contribution in [3.8, 4) is 5.75 Å². The summed E-state index contributed by atoms with van der Waals surface area (Å²) in [6.07, 6.45) is -0.504. The topological polar surface area (TPSA) is 93.7 Å². The fourth-order valence-corrected chi connectivity index (χ4v) is 3.56. The number of amides is 1. The summed E-state index contributed by atoms with van der Waals surface area (Å²) in [5.41, 5.74) is 1.29. The molecule has 1 amide bonds. The van der Waals surface area contributed by atoms with Gasteiger partial charge in [-0.25, -0.2) is 13.1 Å². The van der Waals surface area contributed by atoms with Crippen LogP contribution in [-0.4, -0.2) is 35.1 Å². The highest BCUT2D eigenvalue weighted by atomic mass is 32.2. The number of anilines is 1. The molecule has 0 saturated heterocycles. The van der Waals surface area contributed by atoms with E-state index in [4.69, 9.17) is 9.47 Å². The number of sulfonamides is 1. The Kier molecular flexibility index (Phi) is 7.56. The summed E-state index contributed by atoms with van der Waals surface area (Å²) in [5, 5.41) is 2.73. The van der Waals surface area contributed by atoms with Crippen LogP contribution in [0.3, 0.4) is 0 Å². The molecule has 2 N–H and O–H groups in total. The summed E-state index contributed by atoms with van der Waals surface area (Å²) in [5.74, 6) is 0.332. The largest absolute Gasteiger partial charge is 0.496 e. The van der Waals surface area contributed by atoms with E-state index >= 15 is 0 Å². The number of hydrogen-bond acceptors (Lipinski definition) is 5. The van der Waals surface area contributed by atoms with E-state index in [0.717, 1.165) is 5.56 Å². The predicted octanol–water partition coefficient (Wildman–Crippen LogP) is 2.96. The number of hydrogen-bond donors (Lipinski definition) is 2. The van der Waals surface area contributed by atoms with Gasteiger partial charge in [0.15, 0.2) is 0 Å². The van der Waals surface area contributed by atoms with Gasteiger partial charge in [0.05, 0.1) is 18.1 Å². The Morgan fingerprint density at radius 1 is 1.04 bits per heavy atom. The normalized spacial score (nSPS) is 12.6. The minimum Gasteiger partial charge on any atom is -0.496 e. The maximum absolute atomic E-state index is 12.6. The summed E-state index contributed by atoms with van der Waals surface area (Å²) in [6.45, 7) is 3.61. The highest BCUT2D eigenvalue weighted by Gasteiger charge is 2.20. The van der Waals surface area contributed by atoms with Gasteiger partial charge >= 0.3 is 0 Å². The van der Waals surface area contributed by atoms with Gasteiger partial charge in [-0.2, -0.15) is 0 Å². The lowest BCUT2D eigenvalue weighted by Crippen LogP contribution is -2.29. The second kappa shape index (κ2) is 9.68. The molecule has 0 unspecified atom stereocenters. The number of carbonyl (C=O) groups excluding carboxylic acids is 1. The number of carbonyl (C=O) groups is 1. The molecule has 0 saturated carbocycles. The van der Waals surface area contributed by atoms with Crippen LogP contribution in [0.1, 0.15) is 25.5 Å². The molecule has 7 nitrogen and oxygen atoms in total. The van der Waals surface area contributed by atoms with E-state index in [-0.39, 0.29) is 23.3 Å². The average molecular weight is 407 g/mol. The van der Waals surface area contributed by atoms with Crippen LogP contribution in [0, 0.1) is 5.92 Å². The van der Waals surface area contributed by atoms with E-state index < -0.39 is 16.1 Å². The molecule has 1 atom stereocenters. The Morgan fingerprint density at radius 3 is 2.25 bits per heavy atom. The molecule has 152 valence electrons. The van der Waals surface area contributed by atoms with Gasteiger partial charge in [-0.3, -0.25) is 4.79 Å². The molecule has 0 fully saturated rings. The van der Waals surface area contributed by atoms with Gasteiger partial charge in [0.2, 0.25) is 15.9 Å². The molecule has 2 aromatic rings. The van der Waals surface area contributed by atoms with Crippen LogP contribution >= 0.6 is 0 Å². The Bertz CT molecular complexity index is 895. The Labute approximate surface area is 166 Å². The SMILES string of the molecule is COc1ccccc1[C@@H](CNS(=O)(=O)c1ccc(NC(=O)C(C)C)cc1)OC. The van der Waals surface area contributed by atoms with Gasteiger partial charge in [0.1, 0.15) is 5.75 Å². The van der Waals surface area contributed by atoms with E-state index in [1.807, 2.05) is 18.2 Å². The van der Waals surface area contributed by atoms with Crippen molar-refractivity contribution >= 4 is 21.6 Å². The molecule has 0 aromatic heterocycles. The molecule has 0 aliphatic carbocycles. The van der Waals surface area contributed by atoms with Crippen molar-refractivity contribution in [2.24, 2.45) is 5.92 Å². The standard InChI is InChI=1S/C20H26N2O5S/c1-14(2)20(23)22-15-9-11-16(12-10-15)28(24,25)21-13-19(27-4)17-7-5-6-8-18(17)26-3/h5-12,14,19,21H,13H2,1-4H3,(H,22,23)/t19-/m1/s1. The van der Waals surface area contributed by atoms with Crippen molar-refractivity contribution in [1.82, 2.24) is 4.72 Å². The third-order valence-corrected chi connectivity index (χ3v) is 5.63. The second-order valence-corrected chi connectivity index (χ2v) is 8.25. The Hall–Kier alpha value is -2.42. The van der Waals surface area contributed by atoms with Crippen molar-refractivity contribution in [3.63, 3.8) is 0 Å². The highest BCUT2D eigenvalue weighted by molar-refractivity contribution is 7.89. The van der Waals surface area contributed by atoms with Crippen LogP contribution in [0.2, 0.25) is 0 Å². The van der Waals surface area contributed by atoms with E-state index in [1.165, 1.54) is 19.2 Å². The lowest BCUT2D eigenvalue weighted by Gasteiger charge is -2.19. The zero-order chi connectivity index (χ0) is 20.7. The molecule has 0 aliphatic heterocycles. The van der Waals surface area contributed by atoms with Gasteiger partial charge in [0.25, 0.3) is 0 Å². The fraction of sp³-hybridized carbons (Fsp3) is 0.350. The first-order chi connectivity index (χ1) is 13.3. The van der Waals surface area contributed by atoms with Gasteiger partial charge in [-0.05, 0) is 30.3 Å². The summed E-state index contributed by atoms with van der Waals surface area (Å²) in [6, 6.07) is 13.3. The van der Waals surface area contributed by atoms with Gasteiger partial charge < -0.3 is 14.8 Å². The molecular weight excluding hydrogens is 380 g/mol. The number of benzene rings is 2. The molecule has 0 radical (unpaired) electrons. The van der Waals surface area contributed by atoms with Crippen molar-refractivity contribution < 1.29 is 22.7 Å². The lowest BCUT2D eigenvalue weighted by molar-refractivity contribution is -0.118. The summed E-state index contributed by atoms with van der Waals surface area (Å²) in [7, 11) is -0.676. The number of para-hydroxylation sites is 1. The average Bonchev–Trinajstić information content (AvgIpc) is 2.69. The van der Waals surface area contributed by atoms with Crippen LogP contribution < -0.4 is 14.8 Å². The van der Waals surface area contributed by atoms with Crippen molar-refractivity contribution in [1.29, 1.82) is 0 Å². The first kappa shape index (κ1) is 21.9. The molecule has 0 heterocycles. The third kappa shape index (κ3) is 5.54. The smallest absolute Gasteiger partial charge is 0.240 e. The van der Waals surface area contributed by atoms with E-state index in [1.54, 1.807) is 39.2 Å². The third-order valence-electron chi connectivity index (χ3n) is 4.19. The first-order valence-corrected chi connectivity index (χ1v) is 10.3. The lowest BCUT2D eigenvalue weighted by atomic mass is 10.1. The molecule has 2 rings (SSSR count). The molecule has 0 aliphatic rings. The van der Waals surface area contributed by atoms with Gasteiger partial charge in [-0.15, -0.1) is 0 Å². The molecule has 2 aromatic carbocycles. The highest BCUT2D eigenvalue weighted by Crippen LogP contribution is 2.27. The Balaban J connectivity index is 2.09. The van der Waals surface area contributed by atoms with E-state index in [2.05, 4.69) is 10.0 Å². The number of rotatable bonds is 9. The molecule has 0 bridgehead atoms. The number of nitrogens with one attached hydrogen (secondary N) is 2. The minimum absolute atomic E-state index is 0.0467. The van der Waals surface area contributed by atoms with Gasteiger partial charge in [0, 0.05) is 30.8 Å². The zero-order valence-corrected chi connectivity index (χ0v) is 17.2. The summed E-state index contributed by atoms with van der Waals surface area (Å²) in [4.78, 5) is 11.8. The molecule has 0 spiro atoms. The van der Waals surface area contributed by atoms with Crippen LogP contribution in [0.4, 0.5) is 5.69 Å². The maximum atomic E-state index is 12.6. The predicted molar refractivity (Wildman–Crippen MR) is 108 cm³/mol. The van der Waals surface area contributed by atoms with Crippen molar-refractivity contribution in [3.05, 3.63) is 54.1 Å². The van der Waals surface area contributed by atoms with Crippen molar-refractivity contribution in [2.45, 2.75) is 24.8 Å². The maximum Gasteiger partial charge on any atom is 0.240 e. The van der Waals surface area contributed by atoms with Gasteiger partial charge in [-0.1, -0.05) is 32.0 Å². The molecule has 8 heteroatoms. The van der Waals surface area contributed by atoms with Crippen LogP contribution in [-0.2, 0) is 19.6 Å².